The van der Waals surface area contributed by atoms with Crippen LogP contribution in [0.1, 0.15) is 12.5 Å². The van der Waals surface area contributed by atoms with Crippen LogP contribution in [0.2, 0.25) is 0 Å². The molecule has 0 fully saturated rings. The number of nitrogens with one attached hydrogen (secondary N) is 2. The van der Waals surface area contributed by atoms with Gasteiger partial charge < -0.3 is 20.9 Å². The lowest BCUT2D eigenvalue weighted by molar-refractivity contribution is -0.111. The molecule has 0 saturated heterocycles. The lowest BCUT2D eigenvalue weighted by Crippen LogP contribution is -2.08. The minimum Gasteiger partial charge on any atom is -0.506 e. The Morgan fingerprint density at radius 1 is 1.33 bits per heavy atom. The Labute approximate surface area is 121 Å². The Hall–Kier alpha value is -3.20. The molecule has 0 aliphatic carbocycles. The number of aromatic hydroxyl groups is 2. The van der Waals surface area contributed by atoms with Crippen LogP contribution in [-0.2, 0) is 4.79 Å². The Balaban J connectivity index is 2.28. The van der Waals surface area contributed by atoms with Crippen molar-refractivity contribution in [3.05, 3.63) is 36.0 Å². The minimum absolute atomic E-state index is 0.0469. The second kappa shape index (κ2) is 5.84. The summed E-state index contributed by atoms with van der Waals surface area (Å²) in [5.74, 6) is 4.05. The lowest BCUT2D eigenvalue weighted by atomic mass is 10.2. The summed E-state index contributed by atoms with van der Waals surface area (Å²) in [6.07, 6.45) is 2.19. The van der Waals surface area contributed by atoms with Crippen molar-refractivity contribution in [3.8, 4) is 29.2 Å². The number of benzene rings is 1. The highest BCUT2D eigenvalue weighted by Crippen LogP contribution is 2.30. The third kappa shape index (κ3) is 2.87. The zero-order valence-electron chi connectivity index (χ0n) is 11.2. The number of carbonyl (C=O) groups is 1. The molecule has 0 saturated carbocycles. The quantitative estimate of drug-likeness (QED) is 0.511. The van der Waals surface area contributed by atoms with Gasteiger partial charge >= 0.3 is 0 Å². The highest BCUT2D eigenvalue weighted by molar-refractivity contribution is 6.03. The number of hydrogen-bond acceptors (Lipinski definition) is 4. The molecular weight excluding hydrogens is 270 g/mol. The molecule has 0 aliphatic rings. The lowest BCUT2D eigenvalue weighted by Gasteiger charge is -2.06. The van der Waals surface area contributed by atoms with E-state index in [4.69, 9.17) is 5.41 Å². The maximum absolute atomic E-state index is 11.3. The van der Waals surface area contributed by atoms with E-state index in [9.17, 15) is 15.0 Å². The first-order valence-corrected chi connectivity index (χ1v) is 6.04. The van der Waals surface area contributed by atoms with Crippen molar-refractivity contribution < 1.29 is 15.0 Å². The van der Waals surface area contributed by atoms with Crippen molar-refractivity contribution in [1.29, 1.82) is 5.41 Å². The van der Waals surface area contributed by atoms with E-state index in [1.807, 2.05) is 0 Å². The number of hydrogen-bond donors (Lipinski definition) is 4. The maximum Gasteiger partial charge on any atom is 0.300 e. The zero-order valence-corrected chi connectivity index (χ0v) is 11.2. The van der Waals surface area contributed by atoms with E-state index >= 15 is 0 Å². The van der Waals surface area contributed by atoms with Crippen LogP contribution in [0.3, 0.4) is 0 Å². The Kier molecular flexibility index (Phi) is 3.95. The van der Waals surface area contributed by atoms with Crippen molar-refractivity contribution in [2.45, 2.75) is 6.92 Å². The van der Waals surface area contributed by atoms with Gasteiger partial charge in [0.2, 0.25) is 5.88 Å². The van der Waals surface area contributed by atoms with Crippen LogP contribution in [-0.4, -0.2) is 26.9 Å². The molecule has 2 rings (SSSR count). The van der Waals surface area contributed by atoms with Gasteiger partial charge in [-0.2, -0.15) is 0 Å². The van der Waals surface area contributed by atoms with Gasteiger partial charge in [-0.1, -0.05) is 5.92 Å². The van der Waals surface area contributed by atoms with Crippen LogP contribution in [0.25, 0.3) is 5.69 Å². The molecule has 0 radical (unpaired) electrons. The fourth-order valence-electron chi connectivity index (χ4n) is 1.81. The zero-order chi connectivity index (χ0) is 15.4. The van der Waals surface area contributed by atoms with Crippen LogP contribution >= 0.6 is 0 Å². The monoisotopic (exact) mass is 283 g/mol. The highest BCUT2D eigenvalue weighted by Gasteiger charge is 2.13. The van der Waals surface area contributed by atoms with E-state index in [2.05, 4.69) is 17.2 Å². The molecule has 0 atom stereocenters. The molecule has 0 spiro atoms. The summed E-state index contributed by atoms with van der Waals surface area (Å²) >= 11 is 0. The number of aromatic nitrogens is 1. The van der Waals surface area contributed by atoms with Crippen LogP contribution in [0.5, 0.6) is 11.6 Å². The summed E-state index contributed by atoms with van der Waals surface area (Å²) in [5, 5.41) is 29.2. The van der Waals surface area contributed by atoms with Gasteiger partial charge in [-0.05, 0) is 37.1 Å². The molecule has 6 heteroatoms. The van der Waals surface area contributed by atoms with Crippen LogP contribution in [0.15, 0.2) is 30.5 Å². The topological polar surface area (TPSA) is 98.3 Å². The van der Waals surface area contributed by atoms with E-state index in [0.29, 0.717) is 11.4 Å². The van der Waals surface area contributed by atoms with Crippen LogP contribution < -0.4 is 5.32 Å². The Bertz CT molecular complexity index is 749. The van der Waals surface area contributed by atoms with Crippen molar-refractivity contribution in [1.82, 2.24) is 4.57 Å². The molecule has 1 heterocycles. The summed E-state index contributed by atoms with van der Waals surface area (Å²) in [4.78, 5) is 11.3. The van der Waals surface area contributed by atoms with E-state index in [-0.39, 0.29) is 17.2 Å². The fourth-order valence-corrected chi connectivity index (χ4v) is 1.81. The molecule has 1 aromatic heterocycles. The largest absolute Gasteiger partial charge is 0.506 e. The number of carbonyl (C=O) groups excluding carboxylic acids is 1. The summed E-state index contributed by atoms with van der Waals surface area (Å²) in [5.41, 5.74) is 1.19. The standard InChI is InChI=1S/C15H13N3O3/c1-2-3-14(20)17-10-4-6-11(7-5-10)18-9-13(19)12(8-16)15(18)21/h4-9,16,19,21H,1H3,(H,17,20). The molecule has 0 unspecified atom stereocenters. The van der Waals surface area contributed by atoms with Gasteiger partial charge in [0.1, 0.15) is 5.75 Å². The SMILES string of the molecule is CC#CC(=O)Nc1ccc(-n2cc(O)c(C=N)c2O)cc1. The van der Waals surface area contributed by atoms with Crippen molar-refractivity contribution >= 4 is 17.8 Å². The van der Waals surface area contributed by atoms with Crippen LogP contribution in [0, 0.1) is 17.3 Å². The molecule has 1 aromatic carbocycles. The Morgan fingerprint density at radius 3 is 2.52 bits per heavy atom. The predicted molar refractivity (Wildman–Crippen MR) is 79.1 cm³/mol. The number of rotatable bonds is 3. The maximum atomic E-state index is 11.3. The van der Waals surface area contributed by atoms with Gasteiger partial charge in [0.15, 0.2) is 0 Å². The normalized spacial score (nSPS) is 9.57. The molecule has 4 N–H and O–H groups in total. The average Bonchev–Trinajstić information content (AvgIpc) is 2.74. The third-order valence-electron chi connectivity index (χ3n) is 2.78. The van der Waals surface area contributed by atoms with Crippen LogP contribution in [0.4, 0.5) is 5.69 Å². The average molecular weight is 283 g/mol. The molecule has 0 aliphatic heterocycles. The fraction of sp³-hybridized carbons (Fsp3) is 0.0667. The van der Waals surface area contributed by atoms with Gasteiger partial charge in [-0.3, -0.25) is 9.36 Å². The van der Waals surface area contributed by atoms with Crippen molar-refractivity contribution in [3.63, 3.8) is 0 Å². The summed E-state index contributed by atoms with van der Waals surface area (Å²) in [6, 6.07) is 6.60. The first-order chi connectivity index (χ1) is 10.1. The molecule has 106 valence electrons. The van der Waals surface area contributed by atoms with E-state index in [0.717, 1.165) is 6.21 Å². The minimum atomic E-state index is -0.405. The first kappa shape index (κ1) is 14.2. The predicted octanol–water partition coefficient (Wildman–Crippen LogP) is 1.85. The van der Waals surface area contributed by atoms with Crippen molar-refractivity contribution in [2.24, 2.45) is 0 Å². The van der Waals surface area contributed by atoms with E-state index in [1.165, 1.54) is 10.8 Å². The molecule has 0 bridgehead atoms. The third-order valence-corrected chi connectivity index (χ3v) is 2.78. The molecular formula is C15H13N3O3. The molecule has 6 nitrogen and oxygen atoms in total. The smallest absolute Gasteiger partial charge is 0.300 e. The number of anilines is 1. The van der Waals surface area contributed by atoms with Gasteiger partial charge in [0.25, 0.3) is 5.91 Å². The van der Waals surface area contributed by atoms with Gasteiger partial charge in [-0.25, -0.2) is 0 Å². The molecule has 21 heavy (non-hydrogen) atoms. The van der Waals surface area contributed by atoms with Crippen molar-refractivity contribution in [2.75, 3.05) is 5.32 Å². The van der Waals surface area contributed by atoms with Gasteiger partial charge in [-0.15, -0.1) is 0 Å². The van der Waals surface area contributed by atoms with Gasteiger partial charge in [0.05, 0.1) is 11.8 Å². The second-order valence-corrected chi connectivity index (χ2v) is 4.14. The highest BCUT2D eigenvalue weighted by atomic mass is 16.3. The molecule has 2 aromatic rings. The van der Waals surface area contributed by atoms with E-state index in [1.54, 1.807) is 31.2 Å². The van der Waals surface area contributed by atoms with E-state index < -0.39 is 5.91 Å². The van der Waals surface area contributed by atoms with Gasteiger partial charge in [0, 0.05) is 17.6 Å². The summed E-state index contributed by atoms with van der Waals surface area (Å²) < 4.78 is 1.34. The number of amides is 1. The Morgan fingerprint density at radius 2 is 2.00 bits per heavy atom. The second-order valence-electron chi connectivity index (χ2n) is 4.14. The molecule has 1 amide bonds. The summed E-state index contributed by atoms with van der Waals surface area (Å²) in [7, 11) is 0. The number of nitrogens with zero attached hydrogens (tertiary/aromatic N) is 1. The summed E-state index contributed by atoms with van der Waals surface area (Å²) in [6.45, 7) is 1.57. The first-order valence-electron chi connectivity index (χ1n) is 6.04.